The van der Waals surface area contributed by atoms with E-state index in [2.05, 4.69) is 34.7 Å². The van der Waals surface area contributed by atoms with Crippen LogP contribution in [-0.2, 0) is 35.9 Å². The molecule has 6 heteroatoms. The topological polar surface area (TPSA) is 67.2 Å². The average molecular weight is 352 g/mol. The third kappa shape index (κ3) is 3.49. The van der Waals surface area contributed by atoms with E-state index >= 15 is 0 Å². The number of carbonyl (C=O) groups excluding carboxylic acids is 2. The molecule has 2 amide bonds. The zero-order valence-corrected chi connectivity index (χ0v) is 15.0. The first-order valence-electron chi connectivity index (χ1n) is 9.21. The molecule has 136 valence electrons. The fourth-order valence-electron chi connectivity index (χ4n) is 4.10. The third-order valence-electron chi connectivity index (χ3n) is 5.39. The van der Waals surface area contributed by atoms with Crippen LogP contribution in [0.5, 0.6) is 0 Å². The molecular formula is C20H24N4O2. The highest BCUT2D eigenvalue weighted by Gasteiger charge is 2.37. The van der Waals surface area contributed by atoms with Crippen LogP contribution in [0, 0.1) is 0 Å². The van der Waals surface area contributed by atoms with Crippen LogP contribution >= 0.6 is 0 Å². The summed E-state index contributed by atoms with van der Waals surface area (Å²) in [4.78, 5) is 26.6. The Morgan fingerprint density at radius 3 is 2.62 bits per heavy atom. The van der Waals surface area contributed by atoms with E-state index in [1.165, 1.54) is 11.1 Å². The van der Waals surface area contributed by atoms with Crippen molar-refractivity contribution in [1.82, 2.24) is 20.0 Å². The van der Waals surface area contributed by atoms with Gasteiger partial charge in [-0.25, -0.2) is 0 Å². The SMILES string of the molecule is Cn1cc(CCC(=O)N[C@H]2CC(=O)N(C3Cc4ccccc4C3)C2)cn1. The molecule has 0 spiro atoms. The van der Waals surface area contributed by atoms with Crippen LogP contribution in [0.3, 0.4) is 0 Å². The molecule has 4 rings (SSSR count). The van der Waals surface area contributed by atoms with Gasteiger partial charge in [0.1, 0.15) is 0 Å². The largest absolute Gasteiger partial charge is 0.351 e. The first-order valence-corrected chi connectivity index (χ1v) is 9.21. The van der Waals surface area contributed by atoms with Crippen molar-refractivity contribution in [3.8, 4) is 0 Å². The number of nitrogens with one attached hydrogen (secondary N) is 1. The summed E-state index contributed by atoms with van der Waals surface area (Å²) in [6.45, 7) is 0.621. The van der Waals surface area contributed by atoms with Gasteiger partial charge in [-0.05, 0) is 36.0 Å². The maximum absolute atomic E-state index is 12.4. The molecule has 1 aliphatic carbocycles. The highest BCUT2D eigenvalue weighted by atomic mass is 16.2. The Hall–Kier alpha value is -2.63. The van der Waals surface area contributed by atoms with Crippen LogP contribution in [0.15, 0.2) is 36.7 Å². The monoisotopic (exact) mass is 352 g/mol. The zero-order chi connectivity index (χ0) is 18.1. The van der Waals surface area contributed by atoms with E-state index in [0.717, 1.165) is 18.4 Å². The number of hydrogen-bond donors (Lipinski definition) is 1. The van der Waals surface area contributed by atoms with Gasteiger partial charge in [0, 0.05) is 38.7 Å². The van der Waals surface area contributed by atoms with E-state index in [0.29, 0.717) is 25.8 Å². The predicted molar refractivity (Wildman–Crippen MR) is 97.4 cm³/mol. The van der Waals surface area contributed by atoms with E-state index in [9.17, 15) is 9.59 Å². The van der Waals surface area contributed by atoms with E-state index in [4.69, 9.17) is 0 Å². The second-order valence-corrected chi connectivity index (χ2v) is 7.37. The summed E-state index contributed by atoms with van der Waals surface area (Å²) in [5, 5.41) is 7.14. The number of aromatic nitrogens is 2. The predicted octanol–water partition coefficient (Wildman–Crippen LogP) is 1.24. The molecule has 1 N–H and O–H groups in total. The van der Waals surface area contributed by atoms with Crippen LogP contribution < -0.4 is 5.32 Å². The Kier molecular flexibility index (Phi) is 4.49. The van der Waals surface area contributed by atoms with E-state index in [1.54, 1.807) is 10.9 Å². The van der Waals surface area contributed by atoms with Gasteiger partial charge < -0.3 is 10.2 Å². The summed E-state index contributed by atoms with van der Waals surface area (Å²) in [7, 11) is 1.86. The van der Waals surface area contributed by atoms with E-state index < -0.39 is 0 Å². The fraction of sp³-hybridized carbons (Fsp3) is 0.450. The maximum atomic E-state index is 12.4. The molecule has 2 aliphatic rings. The van der Waals surface area contributed by atoms with Gasteiger partial charge in [-0.15, -0.1) is 0 Å². The van der Waals surface area contributed by atoms with Crippen molar-refractivity contribution >= 4 is 11.8 Å². The second kappa shape index (κ2) is 6.94. The Bertz CT molecular complexity index is 804. The van der Waals surface area contributed by atoms with Crippen LogP contribution in [0.25, 0.3) is 0 Å². The Balaban J connectivity index is 1.29. The van der Waals surface area contributed by atoms with Crippen molar-refractivity contribution in [2.75, 3.05) is 6.54 Å². The number of aryl methyl sites for hydroxylation is 2. The van der Waals surface area contributed by atoms with Crippen molar-refractivity contribution in [2.24, 2.45) is 7.05 Å². The number of benzene rings is 1. The molecule has 6 nitrogen and oxygen atoms in total. The van der Waals surface area contributed by atoms with Gasteiger partial charge >= 0.3 is 0 Å². The minimum absolute atomic E-state index is 0.00297. The Labute approximate surface area is 153 Å². The van der Waals surface area contributed by atoms with Crippen molar-refractivity contribution in [3.63, 3.8) is 0 Å². The van der Waals surface area contributed by atoms with Gasteiger partial charge in [0.05, 0.1) is 12.2 Å². The lowest BCUT2D eigenvalue weighted by molar-refractivity contribution is -0.129. The number of hydrogen-bond acceptors (Lipinski definition) is 3. The molecule has 0 unspecified atom stereocenters. The van der Waals surface area contributed by atoms with E-state index in [1.807, 2.05) is 18.1 Å². The minimum atomic E-state index is -0.0763. The van der Waals surface area contributed by atoms with E-state index in [-0.39, 0.29) is 23.9 Å². The lowest BCUT2D eigenvalue weighted by Crippen LogP contribution is -2.41. The number of rotatable bonds is 5. The molecule has 26 heavy (non-hydrogen) atoms. The standard InChI is InChI=1S/C20H24N4O2/c1-23-12-14(11-21-23)6-7-19(25)22-17-10-20(26)24(13-17)18-8-15-4-2-3-5-16(15)9-18/h2-5,11-12,17-18H,6-10,13H2,1H3,(H,22,25)/t17-/m0/s1. The summed E-state index contributed by atoms with van der Waals surface area (Å²) in [5.74, 6) is 0.156. The molecule has 0 saturated carbocycles. The average Bonchev–Trinajstić information content (AvgIpc) is 3.31. The lowest BCUT2D eigenvalue weighted by Gasteiger charge is -2.24. The number of carbonyl (C=O) groups is 2. The normalized spacial score (nSPS) is 19.8. The minimum Gasteiger partial charge on any atom is -0.351 e. The lowest BCUT2D eigenvalue weighted by atomic mass is 10.1. The number of amides is 2. The molecule has 2 aromatic rings. The van der Waals surface area contributed by atoms with Gasteiger partial charge in [-0.1, -0.05) is 24.3 Å². The second-order valence-electron chi connectivity index (χ2n) is 7.37. The van der Waals surface area contributed by atoms with Crippen LogP contribution in [0.4, 0.5) is 0 Å². The summed E-state index contributed by atoms with van der Waals surface area (Å²) >= 11 is 0. The molecule has 1 aliphatic heterocycles. The highest BCUT2D eigenvalue weighted by molar-refractivity contribution is 5.82. The Morgan fingerprint density at radius 2 is 1.96 bits per heavy atom. The summed E-state index contributed by atoms with van der Waals surface area (Å²) < 4.78 is 1.74. The van der Waals surface area contributed by atoms with Crippen LogP contribution in [0.2, 0.25) is 0 Å². The number of likely N-dealkylation sites (tertiary alicyclic amines) is 1. The molecule has 0 radical (unpaired) electrons. The van der Waals surface area contributed by atoms with Crippen molar-refractivity contribution in [2.45, 2.75) is 44.2 Å². The molecule has 0 bridgehead atoms. The molecular weight excluding hydrogens is 328 g/mol. The van der Waals surface area contributed by atoms with Gasteiger partial charge in [-0.2, -0.15) is 5.10 Å². The first-order chi connectivity index (χ1) is 12.6. The molecule has 2 heterocycles. The summed E-state index contributed by atoms with van der Waals surface area (Å²) in [5.41, 5.74) is 3.74. The van der Waals surface area contributed by atoms with Gasteiger partial charge in [0.15, 0.2) is 0 Å². The summed E-state index contributed by atoms with van der Waals surface area (Å²) in [6.07, 6.45) is 7.05. The first kappa shape index (κ1) is 16.8. The zero-order valence-electron chi connectivity index (χ0n) is 15.0. The van der Waals surface area contributed by atoms with Gasteiger partial charge in [0.2, 0.25) is 11.8 Å². The highest BCUT2D eigenvalue weighted by Crippen LogP contribution is 2.28. The molecule has 1 atom stereocenters. The molecule has 1 aromatic heterocycles. The smallest absolute Gasteiger partial charge is 0.225 e. The van der Waals surface area contributed by atoms with Crippen molar-refractivity contribution < 1.29 is 9.59 Å². The maximum Gasteiger partial charge on any atom is 0.225 e. The molecule has 1 aromatic carbocycles. The third-order valence-corrected chi connectivity index (χ3v) is 5.39. The fourth-order valence-corrected chi connectivity index (χ4v) is 4.10. The van der Waals surface area contributed by atoms with Crippen molar-refractivity contribution in [1.29, 1.82) is 0 Å². The number of nitrogens with zero attached hydrogens (tertiary/aromatic N) is 3. The van der Waals surface area contributed by atoms with Crippen LogP contribution in [0.1, 0.15) is 29.5 Å². The van der Waals surface area contributed by atoms with Crippen LogP contribution in [-0.4, -0.2) is 45.1 Å². The molecule has 1 fully saturated rings. The van der Waals surface area contributed by atoms with Gasteiger partial charge in [-0.3, -0.25) is 14.3 Å². The molecule has 1 saturated heterocycles. The number of fused-ring (bicyclic) bond motifs is 1. The Morgan fingerprint density at radius 1 is 1.23 bits per heavy atom. The summed E-state index contributed by atoms with van der Waals surface area (Å²) in [6, 6.07) is 8.56. The van der Waals surface area contributed by atoms with Crippen molar-refractivity contribution in [3.05, 3.63) is 53.3 Å². The van der Waals surface area contributed by atoms with Gasteiger partial charge in [0.25, 0.3) is 0 Å². The quantitative estimate of drug-likeness (QED) is 0.880.